The molecule has 2 aromatic carbocycles. The molecule has 1 heterocycles. The van der Waals surface area contributed by atoms with Gasteiger partial charge in [-0.2, -0.15) is 0 Å². The molecule has 1 aliphatic heterocycles. The molecule has 0 saturated carbocycles. The zero-order valence-corrected chi connectivity index (χ0v) is 11.8. The smallest absolute Gasteiger partial charge is 0.338 e. The van der Waals surface area contributed by atoms with Gasteiger partial charge in [-0.25, -0.2) is 4.79 Å². The van der Waals surface area contributed by atoms with Crippen LogP contribution >= 0.6 is 8.38 Å². The largest absolute Gasteiger partial charge is 0.462 e. The molecule has 3 rings (SSSR count). The summed E-state index contributed by atoms with van der Waals surface area (Å²) in [6.07, 6.45) is 0. The van der Waals surface area contributed by atoms with Crippen LogP contribution < -0.4 is 14.4 Å². The van der Waals surface area contributed by atoms with E-state index in [0.717, 1.165) is 5.30 Å². The van der Waals surface area contributed by atoms with Gasteiger partial charge >= 0.3 is 14.3 Å². The molecule has 20 heavy (non-hydrogen) atoms. The Hall–Kier alpha value is -2.06. The molecule has 0 radical (unpaired) electrons. The lowest BCUT2D eigenvalue weighted by Gasteiger charge is -2.06. The summed E-state index contributed by atoms with van der Waals surface area (Å²) in [5.74, 6) is 0.897. The molecule has 0 bridgehead atoms. The number of hydrogen-bond acceptors (Lipinski definition) is 4. The number of ether oxygens (including phenoxy) is 1. The van der Waals surface area contributed by atoms with E-state index in [1.807, 2.05) is 30.3 Å². The normalized spacial score (nSPS) is 15.9. The Bertz CT molecular complexity index is 627. The summed E-state index contributed by atoms with van der Waals surface area (Å²) in [4.78, 5) is 11.7. The lowest BCUT2D eigenvalue weighted by molar-refractivity contribution is 0.0526. The standard InChI is InChI=1S/C15H13O4P/c1-2-17-15(16)11-8-9-13-14(10-11)19-20(18-13)12-6-4-3-5-7-12/h3-10H,2H2,1H3. The van der Waals surface area contributed by atoms with E-state index in [-0.39, 0.29) is 5.97 Å². The van der Waals surface area contributed by atoms with E-state index in [2.05, 4.69) is 0 Å². The summed E-state index contributed by atoms with van der Waals surface area (Å²) in [7, 11) is -1.16. The quantitative estimate of drug-likeness (QED) is 0.642. The third-order valence-electron chi connectivity index (χ3n) is 2.78. The van der Waals surface area contributed by atoms with Crippen molar-refractivity contribution in [3.05, 3.63) is 54.1 Å². The van der Waals surface area contributed by atoms with Crippen molar-refractivity contribution in [1.82, 2.24) is 0 Å². The molecule has 0 aliphatic carbocycles. The van der Waals surface area contributed by atoms with Crippen LogP contribution in [0.2, 0.25) is 0 Å². The van der Waals surface area contributed by atoms with Gasteiger partial charge in [0.1, 0.15) is 0 Å². The third-order valence-corrected chi connectivity index (χ3v) is 4.23. The zero-order valence-electron chi connectivity index (χ0n) is 10.9. The van der Waals surface area contributed by atoms with Crippen LogP contribution in [0.4, 0.5) is 0 Å². The van der Waals surface area contributed by atoms with Crippen molar-refractivity contribution in [2.45, 2.75) is 6.92 Å². The maximum atomic E-state index is 11.7. The van der Waals surface area contributed by atoms with Gasteiger partial charge in [0.2, 0.25) is 0 Å². The van der Waals surface area contributed by atoms with Crippen LogP contribution in [0.15, 0.2) is 48.5 Å². The van der Waals surface area contributed by atoms with Crippen LogP contribution in [0.5, 0.6) is 11.5 Å². The van der Waals surface area contributed by atoms with Gasteiger partial charge in [0, 0.05) is 0 Å². The third kappa shape index (κ3) is 2.47. The first-order valence-corrected chi connectivity index (χ1v) is 7.48. The van der Waals surface area contributed by atoms with Gasteiger partial charge in [0.05, 0.1) is 17.5 Å². The predicted octanol–water partition coefficient (Wildman–Crippen LogP) is 3.27. The second-order valence-corrected chi connectivity index (χ2v) is 5.55. The van der Waals surface area contributed by atoms with Gasteiger partial charge in [-0.3, -0.25) is 0 Å². The Morgan fingerprint density at radius 1 is 1.10 bits per heavy atom. The lowest BCUT2D eigenvalue weighted by atomic mass is 10.2. The molecular weight excluding hydrogens is 275 g/mol. The molecule has 0 amide bonds. The van der Waals surface area contributed by atoms with Crippen molar-refractivity contribution in [2.75, 3.05) is 6.61 Å². The van der Waals surface area contributed by atoms with Crippen molar-refractivity contribution in [1.29, 1.82) is 0 Å². The number of fused-ring (bicyclic) bond motifs is 1. The fourth-order valence-corrected chi connectivity index (χ4v) is 3.16. The molecule has 0 N–H and O–H groups in total. The van der Waals surface area contributed by atoms with Gasteiger partial charge < -0.3 is 13.8 Å². The molecule has 0 saturated heterocycles. The molecule has 1 atom stereocenters. The Morgan fingerprint density at radius 2 is 1.85 bits per heavy atom. The average Bonchev–Trinajstić information content (AvgIpc) is 2.91. The van der Waals surface area contributed by atoms with Crippen LogP contribution in [0.1, 0.15) is 17.3 Å². The van der Waals surface area contributed by atoms with Crippen molar-refractivity contribution in [3.63, 3.8) is 0 Å². The van der Waals surface area contributed by atoms with E-state index in [4.69, 9.17) is 13.8 Å². The van der Waals surface area contributed by atoms with Gasteiger partial charge in [0.25, 0.3) is 0 Å². The molecule has 2 aromatic rings. The lowest BCUT2D eigenvalue weighted by Crippen LogP contribution is -2.04. The molecule has 5 heteroatoms. The number of benzene rings is 2. The highest BCUT2D eigenvalue weighted by Gasteiger charge is 2.28. The molecule has 4 nitrogen and oxygen atoms in total. The van der Waals surface area contributed by atoms with Crippen LogP contribution in [-0.2, 0) is 4.74 Å². The van der Waals surface area contributed by atoms with E-state index in [1.54, 1.807) is 25.1 Å². The minimum atomic E-state index is -1.16. The topological polar surface area (TPSA) is 44.8 Å². The first-order chi connectivity index (χ1) is 9.78. The summed E-state index contributed by atoms with van der Waals surface area (Å²) in [6.45, 7) is 2.13. The Morgan fingerprint density at radius 3 is 2.60 bits per heavy atom. The maximum absolute atomic E-state index is 11.7. The Kier molecular flexibility index (Phi) is 3.57. The number of esters is 1. The molecule has 0 aromatic heterocycles. The van der Waals surface area contributed by atoms with E-state index >= 15 is 0 Å². The summed E-state index contributed by atoms with van der Waals surface area (Å²) < 4.78 is 16.5. The van der Waals surface area contributed by atoms with Gasteiger partial charge in [-0.15, -0.1) is 0 Å². The van der Waals surface area contributed by atoms with Crippen LogP contribution in [-0.4, -0.2) is 12.6 Å². The summed E-state index contributed by atoms with van der Waals surface area (Å²) in [5.41, 5.74) is 0.471. The van der Waals surface area contributed by atoms with Crippen LogP contribution in [0, 0.1) is 0 Å². The second-order valence-electron chi connectivity index (χ2n) is 4.16. The highest BCUT2D eigenvalue weighted by atomic mass is 31.2. The SMILES string of the molecule is CCOC(=O)c1ccc2c(c1)OP(c1ccccc1)O2. The minimum Gasteiger partial charge on any atom is -0.462 e. The van der Waals surface area contributed by atoms with Crippen LogP contribution in [0.3, 0.4) is 0 Å². The van der Waals surface area contributed by atoms with Crippen molar-refractivity contribution in [3.8, 4) is 11.5 Å². The van der Waals surface area contributed by atoms with Gasteiger partial charge in [-0.1, -0.05) is 18.2 Å². The van der Waals surface area contributed by atoms with Crippen molar-refractivity contribution in [2.24, 2.45) is 0 Å². The minimum absolute atomic E-state index is 0.351. The molecular formula is C15H13O4P. The fourth-order valence-electron chi connectivity index (χ4n) is 1.85. The van der Waals surface area contributed by atoms with E-state index in [1.165, 1.54) is 0 Å². The number of rotatable bonds is 3. The molecule has 1 unspecified atom stereocenters. The first kappa shape index (κ1) is 12.9. The van der Waals surface area contributed by atoms with Crippen molar-refractivity contribution >= 4 is 19.6 Å². The van der Waals surface area contributed by atoms with E-state index in [0.29, 0.717) is 23.7 Å². The Labute approximate surface area is 118 Å². The van der Waals surface area contributed by atoms with Gasteiger partial charge in [-0.05, 0) is 37.3 Å². The van der Waals surface area contributed by atoms with E-state index in [9.17, 15) is 4.79 Å². The predicted molar refractivity (Wildman–Crippen MR) is 76.7 cm³/mol. The molecule has 0 spiro atoms. The van der Waals surface area contributed by atoms with E-state index < -0.39 is 8.38 Å². The van der Waals surface area contributed by atoms with Gasteiger partial charge in [0.15, 0.2) is 11.5 Å². The zero-order chi connectivity index (χ0) is 13.9. The fraction of sp³-hybridized carbons (Fsp3) is 0.133. The molecule has 102 valence electrons. The molecule has 1 aliphatic rings. The molecule has 0 fully saturated rings. The number of carbonyl (C=O) groups is 1. The average molecular weight is 288 g/mol. The summed E-state index contributed by atoms with van der Waals surface area (Å²) in [6, 6.07) is 14.8. The first-order valence-electron chi connectivity index (χ1n) is 6.30. The summed E-state index contributed by atoms with van der Waals surface area (Å²) >= 11 is 0. The second kappa shape index (κ2) is 5.51. The highest BCUT2D eigenvalue weighted by molar-refractivity contribution is 7.57. The Balaban J connectivity index is 1.82. The monoisotopic (exact) mass is 288 g/mol. The van der Waals surface area contributed by atoms with Crippen LogP contribution in [0.25, 0.3) is 0 Å². The maximum Gasteiger partial charge on any atom is 0.338 e. The van der Waals surface area contributed by atoms with Crippen molar-refractivity contribution < 1.29 is 18.6 Å². The number of carbonyl (C=O) groups excluding carboxylic acids is 1. The number of hydrogen-bond donors (Lipinski definition) is 0. The summed E-state index contributed by atoms with van der Waals surface area (Å²) in [5, 5.41) is 0.997. The highest BCUT2D eigenvalue weighted by Crippen LogP contribution is 2.51.